The number of allylic oxidation sites excluding steroid dienone is 4. The predicted molar refractivity (Wildman–Crippen MR) is 566 cm³/mol. The Hall–Kier alpha value is -1.50. The molecule has 0 bridgehead atoms. The van der Waals surface area contributed by atoms with Crippen molar-refractivity contribution in [2.75, 3.05) is 0 Å². The van der Waals surface area contributed by atoms with Crippen LogP contribution in [0.1, 0.15) is 525 Å². The van der Waals surface area contributed by atoms with Crippen molar-refractivity contribution in [1.82, 2.24) is 0 Å². The number of halogens is 2. The van der Waals surface area contributed by atoms with E-state index in [0.29, 0.717) is 117 Å². The van der Waals surface area contributed by atoms with Crippen molar-refractivity contribution >= 4 is 0 Å². The molecule has 10 heteroatoms. The van der Waals surface area contributed by atoms with Crippen LogP contribution >= 0.6 is 0 Å². The Kier molecular flexibility index (Phi) is 30.0. The standard InChI is InChI=1S/C33H56O2.C32H53FO2.C32H54O2.C31H51FO2/c1-7-32(34)21-18-30(5)24(22-32)8-9-25-27-11-10-26(31(27,6)14-13-28(25)30)23(2)12-15-33(35)19-16-29(3,4)17-20-33;1-6-31(34)20-17-29(4)23(21-31)7-8-24-26-10-9-25(30(26,5)13-12-27(24)29)22(2)11-14-32(35)18-15-28(3,33)16-19-32;1-22(11-14-32(34)19-15-28(2,3)16-20-32)25-9-10-26-24-8-7-23-21-29(4,33)17-18-30(23,5)27(24)12-13-31(25,26)6;1-21(10-13-31(34)18-14-27(2,32)15-19-31)24-8-9-25-23-7-6-22-20-28(3,33)16-17-29(22,4)26(23)11-12-30(24,25)5/h8,23,25-28,34-35H,7,9-22H2,1-6H3;7,22,24-27,34-35H,6,8-21H2,1-5H3;7,22,24-27,33-34H,8-21H2,1-6H3;6,21,23-26,33-34H,7-20H2,1-5H3/t23-,25+,26-,27+,28+,30+,31-,32+;22-,24+,25-,26+,27+,28?,29+,30-,31+,32?;22-,24+,25-,26+,27+,29+,30+,31-;21-,23+,24-,25+,26+,27?,28+,29+,30-,31?/m1111/s1. The molecule has 16 fully saturated rings. The van der Waals surface area contributed by atoms with E-state index in [1.54, 1.807) is 36.1 Å². The van der Waals surface area contributed by atoms with Crippen molar-refractivity contribution in [3.05, 3.63) is 46.6 Å². The summed E-state index contributed by atoms with van der Waals surface area (Å²) in [5, 5.41) is 88.4. The lowest BCUT2D eigenvalue weighted by molar-refractivity contribution is -0.0783. The maximum absolute atomic E-state index is 14.3. The smallest absolute Gasteiger partial charge is 0.108 e. The van der Waals surface area contributed by atoms with Crippen LogP contribution in [0.25, 0.3) is 0 Å². The minimum atomic E-state index is -1.08. The molecule has 0 amide bonds. The van der Waals surface area contributed by atoms with Crippen molar-refractivity contribution in [3.63, 3.8) is 0 Å². The second kappa shape index (κ2) is 38.4. The van der Waals surface area contributed by atoms with Gasteiger partial charge < -0.3 is 40.9 Å². The third kappa shape index (κ3) is 20.7. The highest BCUT2D eigenvalue weighted by Crippen LogP contribution is 2.75. The zero-order valence-corrected chi connectivity index (χ0v) is 93.2. The Labute approximate surface area is 844 Å². The maximum Gasteiger partial charge on any atom is 0.108 e. The molecular formula is C128H214F2O8. The molecule has 0 saturated heterocycles. The van der Waals surface area contributed by atoms with E-state index >= 15 is 0 Å². The first-order valence-corrected chi connectivity index (χ1v) is 60.2. The SMILES string of the molecule is CC[C@]1(O)CC[C@@]2(C)C(=CC[C@H]3[C@@H]4CC[C@H]([C@H](C)CCC5(O)CCC(C)(C)CC5)[C@@]4(C)CC[C@@H]32)C1.CC[C@]1(O)CC[C@@]2(C)C(=CC[C@H]3[C@@H]4CC[C@H]([C@H](C)CCC5(O)CCC(C)(F)CC5)[C@@]4(C)CC[C@@H]32)C1.C[C@H](CCC1(O)CCC(C)(C)CC1)[C@H]1CC[C@H]2[C@@H]3CC=C4C[C@@](C)(O)CC[C@]4(C)[C@H]3CC[C@]12C.C[C@H](CCC1(O)CCC(C)(F)CC1)[C@H]1CC[C@H]2[C@@H]3CC=C4C[C@@](C)(O)CC[C@]4(C)[C@H]3CC[C@]12C. The number of rotatable bonds is 18. The van der Waals surface area contributed by atoms with Crippen molar-refractivity contribution in [1.29, 1.82) is 0 Å². The highest BCUT2D eigenvalue weighted by Gasteiger charge is 2.67. The van der Waals surface area contributed by atoms with E-state index in [1.165, 1.54) is 180 Å². The van der Waals surface area contributed by atoms with E-state index in [4.69, 9.17) is 0 Å². The van der Waals surface area contributed by atoms with E-state index in [9.17, 15) is 49.6 Å². The van der Waals surface area contributed by atoms with Crippen LogP contribution in [0.15, 0.2) is 46.6 Å². The van der Waals surface area contributed by atoms with Crippen LogP contribution in [0, 0.1) is 173 Å². The Bertz CT molecular complexity index is 4050. The normalized spacial score (nSPS) is 50.6. The van der Waals surface area contributed by atoms with Gasteiger partial charge in [0.25, 0.3) is 0 Å². The zero-order valence-electron chi connectivity index (χ0n) is 93.2. The molecule has 20 aliphatic carbocycles. The molecule has 32 atom stereocenters. The average Bonchev–Trinajstić information content (AvgIpc) is 1.49. The first-order chi connectivity index (χ1) is 64.2. The molecule has 788 valence electrons. The number of hydrogen-bond acceptors (Lipinski definition) is 8. The minimum Gasteiger partial charge on any atom is -0.390 e. The number of alkyl halides is 2. The van der Waals surface area contributed by atoms with E-state index in [-0.39, 0.29) is 0 Å². The first-order valence-electron chi connectivity index (χ1n) is 60.2. The van der Waals surface area contributed by atoms with Gasteiger partial charge >= 0.3 is 0 Å². The maximum atomic E-state index is 14.3. The van der Waals surface area contributed by atoms with Crippen LogP contribution in [0.4, 0.5) is 8.78 Å². The summed E-state index contributed by atoms with van der Waals surface area (Å²) in [6, 6.07) is 0. The second-order valence-electron chi connectivity index (χ2n) is 60.9. The fraction of sp³-hybridized carbons (Fsp3) is 0.938. The zero-order chi connectivity index (χ0) is 99.7. The summed E-state index contributed by atoms with van der Waals surface area (Å²) in [6.07, 6.45) is 72.7. The topological polar surface area (TPSA) is 162 Å². The summed E-state index contributed by atoms with van der Waals surface area (Å²) in [5.74, 6) is 15.7. The van der Waals surface area contributed by atoms with Gasteiger partial charge in [-0.05, 0) is 573 Å². The number of hydrogen-bond donors (Lipinski definition) is 8. The highest BCUT2D eigenvalue weighted by atomic mass is 19.1. The van der Waals surface area contributed by atoms with Crippen LogP contribution in [-0.2, 0) is 0 Å². The summed E-state index contributed by atoms with van der Waals surface area (Å²) in [5.41, 5.74) is 4.04. The monoisotopic (exact) mass is 1920 g/mol. The Morgan fingerprint density at radius 2 is 0.457 bits per heavy atom. The van der Waals surface area contributed by atoms with Crippen molar-refractivity contribution < 1.29 is 49.6 Å². The average molecular weight is 1920 g/mol. The fourth-order valence-corrected chi connectivity index (χ4v) is 40.6. The lowest BCUT2D eigenvalue weighted by atomic mass is 9.46. The van der Waals surface area contributed by atoms with Gasteiger partial charge in [0, 0.05) is 0 Å². The molecule has 0 spiro atoms. The third-order valence-electron chi connectivity index (χ3n) is 51.4. The molecular weight excluding hydrogens is 1700 g/mol. The van der Waals surface area contributed by atoms with Gasteiger partial charge in [-0.1, -0.05) is 171 Å². The molecule has 0 heterocycles. The van der Waals surface area contributed by atoms with Crippen LogP contribution in [-0.4, -0.2) is 97.0 Å². The van der Waals surface area contributed by atoms with E-state index in [0.717, 1.165) is 248 Å². The van der Waals surface area contributed by atoms with Gasteiger partial charge in [0.15, 0.2) is 0 Å². The molecule has 0 unspecified atom stereocenters. The van der Waals surface area contributed by atoms with Gasteiger partial charge in [-0.15, -0.1) is 0 Å². The van der Waals surface area contributed by atoms with E-state index in [2.05, 4.69) is 149 Å². The first kappa shape index (κ1) is 108. The van der Waals surface area contributed by atoms with Gasteiger partial charge in [0.2, 0.25) is 0 Å². The minimum absolute atomic E-state index is 0.296. The van der Waals surface area contributed by atoms with E-state index < -0.39 is 56.1 Å². The molecule has 0 radical (unpaired) electrons. The molecule has 138 heavy (non-hydrogen) atoms. The fourth-order valence-electron chi connectivity index (χ4n) is 40.6. The van der Waals surface area contributed by atoms with Gasteiger partial charge in [-0.25, -0.2) is 8.78 Å². The summed E-state index contributed by atoms with van der Waals surface area (Å²) < 4.78 is 28.6. The van der Waals surface area contributed by atoms with Crippen LogP contribution in [0.3, 0.4) is 0 Å². The molecule has 0 aromatic heterocycles. The van der Waals surface area contributed by atoms with Crippen LogP contribution < -0.4 is 0 Å². The molecule has 8 N–H and O–H groups in total. The molecule has 20 aliphatic rings. The largest absolute Gasteiger partial charge is 0.390 e. The van der Waals surface area contributed by atoms with E-state index in [1.807, 2.05) is 13.8 Å². The molecule has 0 aliphatic heterocycles. The van der Waals surface area contributed by atoms with Crippen LogP contribution in [0.2, 0.25) is 0 Å². The van der Waals surface area contributed by atoms with Crippen molar-refractivity contribution in [3.8, 4) is 0 Å². The molecule has 20 rings (SSSR count). The van der Waals surface area contributed by atoms with Gasteiger partial charge in [0.1, 0.15) is 11.3 Å². The van der Waals surface area contributed by atoms with Crippen molar-refractivity contribution in [2.45, 2.75) is 581 Å². The molecule has 0 aromatic carbocycles. The summed E-state index contributed by atoms with van der Waals surface area (Å²) in [7, 11) is 0. The van der Waals surface area contributed by atoms with Gasteiger partial charge in [0.05, 0.1) is 44.8 Å². The van der Waals surface area contributed by atoms with Crippen LogP contribution in [0.5, 0.6) is 0 Å². The lowest BCUT2D eigenvalue weighted by Crippen LogP contribution is -2.52. The summed E-state index contributed by atoms with van der Waals surface area (Å²) >= 11 is 0. The Morgan fingerprint density at radius 3 is 0.688 bits per heavy atom. The molecule has 16 saturated carbocycles. The highest BCUT2D eigenvalue weighted by molar-refractivity contribution is 5.32. The quantitative estimate of drug-likeness (QED) is 0.0629. The predicted octanol–water partition coefficient (Wildman–Crippen LogP) is 32.4. The van der Waals surface area contributed by atoms with Gasteiger partial charge in [-0.2, -0.15) is 0 Å². The Balaban J connectivity index is 0.000000127. The summed E-state index contributed by atoms with van der Waals surface area (Å²) in [6.45, 7) is 51.9. The summed E-state index contributed by atoms with van der Waals surface area (Å²) in [4.78, 5) is 0. The second-order valence-corrected chi connectivity index (χ2v) is 60.9. The number of aliphatic hydroxyl groups is 8. The Morgan fingerprint density at radius 1 is 0.246 bits per heavy atom. The third-order valence-corrected chi connectivity index (χ3v) is 51.4. The van der Waals surface area contributed by atoms with Gasteiger partial charge in [-0.3, -0.25) is 0 Å². The van der Waals surface area contributed by atoms with Crippen molar-refractivity contribution in [2.24, 2.45) is 173 Å². The lowest BCUT2D eigenvalue weighted by Gasteiger charge is -2.59. The molecule has 8 nitrogen and oxygen atoms in total. The number of fused-ring (bicyclic) bond motifs is 20. The molecule has 0 aromatic rings.